The Hall–Kier alpha value is -2.53. The molecule has 2 rings (SSSR count). The Morgan fingerprint density at radius 2 is 1.68 bits per heavy atom. The number of rotatable bonds is 12. The Morgan fingerprint density at radius 1 is 1.00 bits per heavy atom. The molecule has 3 N–H and O–H groups in total. The van der Waals surface area contributed by atoms with Crippen LogP contribution in [0.4, 0.5) is 5.69 Å². The second-order valence-corrected chi connectivity index (χ2v) is 8.52. The van der Waals surface area contributed by atoms with E-state index >= 15 is 0 Å². The van der Waals surface area contributed by atoms with Crippen molar-refractivity contribution in [2.24, 2.45) is 0 Å². The maximum absolute atomic E-state index is 12.5. The molecule has 2 aromatic rings. The summed E-state index contributed by atoms with van der Waals surface area (Å²) in [5.74, 6) is 0.132. The van der Waals surface area contributed by atoms with Crippen molar-refractivity contribution >= 4 is 50.8 Å². The molecule has 0 bridgehead atoms. The third kappa shape index (κ3) is 9.02. The minimum absolute atomic E-state index is 0.130. The molecule has 184 valence electrons. The smallest absolute Gasteiger partial charge is 0.257 e. The van der Waals surface area contributed by atoms with E-state index in [4.69, 9.17) is 21.7 Å². The molecule has 2 amide bonds. The van der Waals surface area contributed by atoms with Gasteiger partial charge in [-0.1, -0.05) is 13.8 Å². The Balaban J connectivity index is 1.84. The molecule has 0 atom stereocenters. The van der Waals surface area contributed by atoms with Gasteiger partial charge in [0.05, 0.1) is 11.1 Å². The van der Waals surface area contributed by atoms with Crippen molar-refractivity contribution in [2.45, 2.75) is 13.8 Å². The number of ether oxygens (including phenoxy) is 2. The van der Waals surface area contributed by atoms with Crippen LogP contribution in [0.3, 0.4) is 0 Å². The highest BCUT2D eigenvalue weighted by atomic mass is 79.9. The minimum atomic E-state index is -0.356. The van der Waals surface area contributed by atoms with Crippen molar-refractivity contribution < 1.29 is 19.1 Å². The van der Waals surface area contributed by atoms with Gasteiger partial charge in [-0.05, 0) is 83.7 Å². The quantitative estimate of drug-likeness (QED) is 0.274. The number of hydrogen-bond acceptors (Lipinski definition) is 6. The largest absolute Gasteiger partial charge is 0.490 e. The molecular weight excluding hydrogens is 520 g/mol. The van der Waals surface area contributed by atoms with Gasteiger partial charge in [0.15, 0.2) is 5.11 Å². The highest BCUT2D eigenvalue weighted by Crippen LogP contribution is 2.26. The number of benzene rings is 2. The van der Waals surface area contributed by atoms with Gasteiger partial charge in [0.25, 0.3) is 11.8 Å². The van der Waals surface area contributed by atoms with Gasteiger partial charge < -0.3 is 25.0 Å². The zero-order chi connectivity index (χ0) is 24.9. The molecule has 34 heavy (non-hydrogen) atoms. The Kier molecular flexibility index (Phi) is 12.0. The number of carbonyl (C=O) groups excluding carboxylic acids is 2. The van der Waals surface area contributed by atoms with Gasteiger partial charge in [0, 0.05) is 37.0 Å². The highest BCUT2D eigenvalue weighted by molar-refractivity contribution is 9.10. The van der Waals surface area contributed by atoms with E-state index in [0.29, 0.717) is 46.8 Å². The number of hydrogen-bond donors (Lipinski definition) is 3. The fraction of sp³-hybridized carbons (Fsp3) is 0.375. The van der Waals surface area contributed by atoms with Gasteiger partial charge in [-0.15, -0.1) is 0 Å². The molecule has 0 heterocycles. The van der Waals surface area contributed by atoms with E-state index in [1.165, 1.54) is 0 Å². The van der Waals surface area contributed by atoms with E-state index in [9.17, 15) is 9.59 Å². The number of halogens is 1. The van der Waals surface area contributed by atoms with E-state index in [0.717, 1.165) is 19.6 Å². The molecule has 0 saturated heterocycles. The first-order chi connectivity index (χ1) is 16.4. The molecule has 10 heteroatoms. The van der Waals surface area contributed by atoms with Crippen molar-refractivity contribution in [2.75, 3.05) is 51.8 Å². The van der Waals surface area contributed by atoms with Crippen LogP contribution < -0.4 is 20.7 Å². The van der Waals surface area contributed by atoms with Crippen LogP contribution in [0.1, 0.15) is 34.6 Å². The second-order valence-electron chi connectivity index (χ2n) is 7.25. The first-order valence-electron chi connectivity index (χ1n) is 11.0. The van der Waals surface area contributed by atoms with Crippen LogP contribution in [0.5, 0.6) is 5.75 Å². The average molecular weight is 552 g/mol. The number of methoxy groups -OCH3 is 1. The first-order valence-corrected chi connectivity index (χ1v) is 12.2. The van der Waals surface area contributed by atoms with Crippen LogP contribution in [-0.4, -0.2) is 68.3 Å². The summed E-state index contributed by atoms with van der Waals surface area (Å²) in [6.45, 7) is 8.38. The highest BCUT2D eigenvalue weighted by Gasteiger charge is 2.12. The number of likely N-dealkylation sites (N-methyl/N-ethyl adjacent to an activating group) is 1. The first kappa shape index (κ1) is 27.7. The fourth-order valence-electron chi connectivity index (χ4n) is 3.01. The SMILES string of the molecule is CCN(CC)CCNC(=O)c1ccc(NC(=S)NC(=O)c2ccc(OCCOC)c(Br)c2)cc1. The van der Waals surface area contributed by atoms with Crippen LogP contribution >= 0.6 is 28.1 Å². The van der Waals surface area contributed by atoms with Crippen LogP contribution in [0.15, 0.2) is 46.9 Å². The summed E-state index contributed by atoms with van der Waals surface area (Å²) in [5.41, 5.74) is 1.64. The summed E-state index contributed by atoms with van der Waals surface area (Å²) in [5, 5.41) is 8.67. The normalized spacial score (nSPS) is 10.6. The number of nitrogens with one attached hydrogen (secondary N) is 3. The maximum atomic E-state index is 12.5. The average Bonchev–Trinajstić information content (AvgIpc) is 2.83. The third-order valence-corrected chi connectivity index (χ3v) is 5.80. The lowest BCUT2D eigenvalue weighted by Gasteiger charge is -2.18. The molecular formula is C24H31BrN4O4S. The van der Waals surface area contributed by atoms with Crippen molar-refractivity contribution in [3.63, 3.8) is 0 Å². The number of carbonyl (C=O) groups is 2. The molecule has 0 saturated carbocycles. The Labute approximate surface area is 214 Å². The monoisotopic (exact) mass is 550 g/mol. The standard InChI is InChI=1S/C24H31BrN4O4S/c1-4-29(5-2)13-12-26-22(30)17-6-9-19(10-7-17)27-24(34)28-23(31)18-8-11-21(20(25)16-18)33-15-14-32-3/h6-11,16H,4-5,12-15H2,1-3H3,(H,26,30)(H2,27,28,31,34). The molecule has 2 aromatic carbocycles. The maximum Gasteiger partial charge on any atom is 0.257 e. The number of amides is 2. The van der Waals surface area contributed by atoms with Gasteiger partial charge in [-0.25, -0.2) is 0 Å². The molecule has 0 aromatic heterocycles. The molecule has 0 fully saturated rings. The molecule has 0 aliphatic carbocycles. The molecule has 0 aliphatic heterocycles. The van der Waals surface area contributed by atoms with Crippen LogP contribution in [0.25, 0.3) is 0 Å². The summed E-state index contributed by atoms with van der Waals surface area (Å²) in [4.78, 5) is 27.1. The minimum Gasteiger partial charge on any atom is -0.490 e. The summed E-state index contributed by atoms with van der Waals surface area (Å²) < 4.78 is 11.2. The van der Waals surface area contributed by atoms with E-state index in [2.05, 4.69) is 50.6 Å². The summed E-state index contributed by atoms with van der Waals surface area (Å²) in [6.07, 6.45) is 0. The van der Waals surface area contributed by atoms with Crippen molar-refractivity contribution in [3.8, 4) is 5.75 Å². The third-order valence-electron chi connectivity index (χ3n) is 4.98. The zero-order valence-electron chi connectivity index (χ0n) is 19.7. The van der Waals surface area contributed by atoms with Crippen molar-refractivity contribution in [1.82, 2.24) is 15.5 Å². The lowest BCUT2D eigenvalue weighted by molar-refractivity contribution is 0.0947. The van der Waals surface area contributed by atoms with Gasteiger partial charge in [0.1, 0.15) is 12.4 Å². The van der Waals surface area contributed by atoms with Gasteiger partial charge in [-0.3, -0.25) is 14.9 Å². The summed E-state index contributed by atoms with van der Waals surface area (Å²) >= 11 is 8.66. The topological polar surface area (TPSA) is 91.9 Å². The van der Waals surface area contributed by atoms with Crippen molar-refractivity contribution in [3.05, 3.63) is 58.1 Å². The van der Waals surface area contributed by atoms with Crippen LogP contribution in [-0.2, 0) is 4.74 Å². The molecule has 0 radical (unpaired) electrons. The van der Waals surface area contributed by atoms with E-state index in [1.807, 2.05) is 0 Å². The molecule has 0 aliphatic rings. The van der Waals surface area contributed by atoms with Gasteiger partial charge in [0.2, 0.25) is 0 Å². The van der Waals surface area contributed by atoms with E-state index < -0.39 is 0 Å². The summed E-state index contributed by atoms with van der Waals surface area (Å²) in [7, 11) is 1.60. The second kappa shape index (κ2) is 14.7. The lowest BCUT2D eigenvalue weighted by Crippen LogP contribution is -2.35. The predicted molar refractivity (Wildman–Crippen MR) is 142 cm³/mol. The van der Waals surface area contributed by atoms with Crippen molar-refractivity contribution in [1.29, 1.82) is 0 Å². The fourth-order valence-corrected chi connectivity index (χ4v) is 3.71. The number of nitrogens with zero attached hydrogens (tertiary/aromatic N) is 1. The van der Waals surface area contributed by atoms with Crippen LogP contribution in [0.2, 0.25) is 0 Å². The molecule has 0 spiro atoms. The Morgan fingerprint density at radius 3 is 2.29 bits per heavy atom. The Bertz CT molecular complexity index is 968. The van der Waals surface area contributed by atoms with E-state index in [-0.39, 0.29) is 16.9 Å². The lowest BCUT2D eigenvalue weighted by atomic mass is 10.2. The van der Waals surface area contributed by atoms with E-state index in [1.54, 1.807) is 49.6 Å². The zero-order valence-corrected chi connectivity index (χ0v) is 22.1. The number of anilines is 1. The predicted octanol–water partition coefficient (Wildman–Crippen LogP) is 3.67. The van der Waals surface area contributed by atoms with Gasteiger partial charge >= 0.3 is 0 Å². The number of thiocarbonyl (C=S) groups is 1. The van der Waals surface area contributed by atoms with Crippen LogP contribution in [0, 0.1) is 0 Å². The van der Waals surface area contributed by atoms with Gasteiger partial charge in [-0.2, -0.15) is 0 Å². The molecule has 8 nitrogen and oxygen atoms in total. The molecule has 0 unspecified atom stereocenters. The summed E-state index contributed by atoms with van der Waals surface area (Å²) in [6, 6.07) is 11.9.